The second-order valence-electron chi connectivity index (χ2n) is 8.95. The van der Waals surface area contributed by atoms with Gasteiger partial charge < -0.3 is 14.9 Å². The summed E-state index contributed by atoms with van der Waals surface area (Å²) in [5.74, 6) is 6.13. The number of benzene rings is 2. The Hall–Kier alpha value is -3.17. The van der Waals surface area contributed by atoms with Crippen LogP contribution in [0.15, 0.2) is 48.5 Å². The molecule has 0 aromatic heterocycles. The molecule has 2 saturated heterocycles. The maximum atomic E-state index is 13.3. The molecule has 3 fully saturated rings. The molecular formula is C26H25FN2O3. The summed E-state index contributed by atoms with van der Waals surface area (Å²) < 4.78 is 13.3. The molecule has 1 N–H and O–H groups in total. The van der Waals surface area contributed by atoms with E-state index in [0.29, 0.717) is 24.4 Å². The predicted octanol–water partition coefficient (Wildman–Crippen LogP) is 2.52. The monoisotopic (exact) mass is 432 g/mol. The van der Waals surface area contributed by atoms with E-state index in [1.807, 2.05) is 24.3 Å². The third-order valence-corrected chi connectivity index (χ3v) is 6.74. The average Bonchev–Trinajstić information content (AvgIpc) is 3.58. The Balaban J connectivity index is 1.32. The van der Waals surface area contributed by atoms with Crippen molar-refractivity contribution in [2.24, 2.45) is 5.92 Å². The molecule has 0 bridgehead atoms. The molecule has 3 atom stereocenters. The van der Waals surface area contributed by atoms with Crippen molar-refractivity contribution in [2.75, 3.05) is 19.7 Å². The maximum Gasteiger partial charge on any atom is 0.242 e. The molecule has 0 spiro atoms. The molecule has 6 heteroatoms. The smallest absolute Gasteiger partial charge is 0.242 e. The SMILES string of the molecule is O=C(CC1CC1)N1CC(=O)N2[C@@H](CO)[C@H](c3ccc(C#Cc4cccc(F)c4)cc3)[C@@H]2C1. The van der Waals surface area contributed by atoms with E-state index >= 15 is 0 Å². The number of hydrogen-bond donors (Lipinski definition) is 1. The number of hydrogen-bond acceptors (Lipinski definition) is 3. The molecule has 0 radical (unpaired) electrons. The Kier molecular flexibility index (Phi) is 5.44. The van der Waals surface area contributed by atoms with Crippen LogP contribution in [-0.4, -0.2) is 58.5 Å². The Morgan fingerprint density at radius 3 is 2.53 bits per heavy atom. The van der Waals surface area contributed by atoms with Crippen LogP contribution < -0.4 is 0 Å². The molecule has 2 amide bonds. The predicted molar refractivity (Wildman–Crippen MR) is 117 cm³/mol. The lowest BCUT2D eigenvalue weighted by Crippen LogP contribution is -2.73. The van der Waals surface area contributed by atoms with E-state index in [0.717, 1.165) is 24.0 Å². The zero-order valence-corrected chi connectivity index (χ0v) is 17.7. The Morgan fingerprint density at radius 1 is 1.09 bits per heavy atom. The number of aliphatic hydroxyl groups excluding tert-OH is 1. The summed E-state index contributed by atoms with van der Waals surface area (Å²) in [6.07, 6.45) is 2.74. The highest BCUT2D eigenvalue weighted by Crippen LogP contribution is 2.43. The molecule has 3 aliphatic rings. The second-order valence-corrected chi connectivity index (χ2v) is 8.95. The van der Waals surface area contributed by atoms with Crippen molar-refractivity contribution in [3.05, 3.63) is 71.0 Å². The minimum absolute atomic E-state index is 0.0225. The summed E-state index contributed by atoms with van der Waals surface area (Å²) in [7, 11) is 0. The van der Waals surface area contributed by atoms with Crippen LogP contribution in [0.25, 0.3) is 0 Å². The summed E-state index contributed by atoms with van der Waals surface area (Å²) in [4.78, 5) is 28.7. The van der Waals surface area contributed by atoms with Gasteiger partial charge in [-0.15, -0.1) is 0 Å². The third-order valence-electron chi connectivity index (χ3n) is 6.74. The van der Waals surface area contributed by atoms with Gasteiger partial charge >= 0.3 is 0 Å². The van der Waals surface area contributed by atoms with Gasteiger partial charge in [0.2, 0.25) is 11.8 Å². The van der Waals surface area contributed by atoms with E-state index in [9.17, 15) is 19.1 Å². The highest BCUT2D eigenvalue weighted by atomic mass is 19.1. The van der Waals surface area contributed by atoms with Gasteiger partial charge in [-0.1, -0.05) is 30.0 Å². The van der Waals surface area contributed by atoms with Crippen molar-refractivity contribution in [3.8, 4) is 11.8 Å². The van der Waals surface area contributed by atoms with Crippen LogP contribution in [0.2, 0.25) is 0 Å². The number of nitrogens with zero attached hydrogens (tertiary/aromatic N) is 2. The first-order valence-corrected chi connectivity index (χ1v) is 11.1. The topological polar surface area (TPSA) is 60.9 Å². The van der Waals surface area contributed by atoms with Gasteiger partial charge in [-0.2, -0.15) is 0 Å². The molecule has 2 heterocycles. The fraction of sp³-hybridized carbons (Fsp3) is 0.385. The first-order chi connectivity index (χ1) is 15.5. The van der Waals surface area contributed by atoms with Crippen LogP contribution in [0.5, 0.6) is 0 Å². The molecule has 1 aliphatic carbocycles. The summed E-state index contributed by atoms with van der Waals surface area (Å²) in [6.45, 7) is 0.517. The van der Waals surface area contributed by atoms with Crippen LogP contribution >= 0.6 is 0 Å². The van der Waals surface area contributed by atoms with Gasteiger partial charge in [0.25, 0.3) is 0 Å². The fourth-order valence-electron chi connectivity index (χ4n) is 4.89. The van der Waals surface area contributed by atoms with Crippen molar-refractivity contribution < 1.29 is 19.1 Å². The van der Waals surface area contributed by atoms with E-state index in [4.69, 9.17) is 0 Å². The first kappa shape index (κ1) is 20.7. The van der Waals surface area contributed by atoms with Crippen molar-refractivity contribution in [1.29, 1.82) is 0 Å². The number of amides is 2. The maximum absolute atomic E-state index is 13.3. The normalized spacial score (nSPS) is 24.3. The van der Waals surface area contributed by atoms with Gasteiger partial charge in [0.15, 0.2) is 0 Å². The summed E-state index contributed by atoms with van der Waals surface area (Å²) in [5, 5.41) is 9.94. The molecule has 2 aliphatic heterocycles. The van der Waals surface area contributed by atoms with E-state index in [1.54, 1.807) is 21.9 Å². The van der Waals surface area contributed by atoms with E-state index in [-0.39, 0.29) is 48.8 Å². The standard InChI is InChI=1S/C26H25FN2O3/c27-21-3-1-2-18(12-21)5-4-17-8-10-20(11-9-17)26-22-14-28(24(31)13-19-6-7-19)15-25(32)29(22)23(26)16-30/h1-3,8-12,19,22-23,26,30H,6-7,13-16H2/t22-,23-,26+/m0/s1. The molecule has 0 unspecified atom stereocenters. The minimum Gasteiger partial charge on any atom is -0.394 e. The Morgan fingerprint density at radius 2 is 1.84 bits per heavy atom. The van der Waals surface area contributed by atoms with Gasteiger partial charge in [-0.3, -0.25) is 9.59 Å². The molecule has 164 valence electrons. The van der Waals surface area contributed by atoms with Crippen molar-refractivity contribution in [2.45, 2.75) is 37.3 Å². The summed E-state index contributed by atoms with van der Waals surface area (Å²) in [6, 6.07) is 13.5. The zero-order chi connectivity index (χ0) is 22.2. The highest BCUT2D eigenvalue weighted by Gasteiger charge is 2.54. The first-order valence-electron chi connectivity index (χ1n) is 11.1. The van der Waals surface area contributed by atoms with Gasteiger partial charge in [-0.25, -0.2) is 4.39 Å². The largest absolute Gasteiger partial charge is 0.394 e. The van der Waals surface area contributed by atoms with Gasteiger partial charge in [0.05, 0.1) is 25.2 Å². The molecular weight excluding hydrogens is 407 g/mol. The zero-order valence-electron chi connectivity index (χ0n) is 17.7. The number of piperazine rings is 1. The lowest BCUT2D eigenvalue weighted by atomic mass is 9.73. The lowest BCUT2D eigenvalue weighted by Gasteiger charge is -2.58. The van der Waals surface area contributed by atoms with Crippen LogP contribution in [-0.2, 0) is 9.59 Å². The van der Waals surface area contributed by atoms with Gasteiger partial charge in [0, 0.05) is 30.0 Å². The quantitative estimate of drug-likeness (QED) is 0.756. The Bertz CT molecular complexity index is 1100. The third kappa shape index (κ3) is 4.01. The van der Waals surface area contributed by atoms with Crippen molar-refractivity contribution in [1.82, 2.24) is 9.80 Å². The number of carbonyl (C=O) groups excluding carboxylic acids is 2. The number of carbonyl (C=O) groups is 2. The molecule has 2 aromatic rings. The van der Waals surface area contributed by atoms with E-state index < -0.39 is 0 Å². The number of fused-ring (bicyclic) bond motifs is 1. The molecule has 32 heavy (non-hydrogen) atoms. The highest BCUT2D eigenvalue weighted by molar-refractivity contribution is 5.88. The number of aliphatic hydroxyl groups is 1. The second kappa shape index (κ2) is 8.40. The fourth-order valence-corrected chi connectivity index (χ4v) is 4.89. The summed E-state index contributed by atoms with van der Waals surface area (Å²) in [5.41, 5.74) is 2.43. The van der Waals surface area contributed by atoms with E-state index in [2.05, 4.69) is 11.8 Å². The average molecular weight is 432 g/mol. The molecule has 1 saturated carbocycles. The summed E-state index contributed by atoms with van der Waals surface area (Å²) >= 11 is 0. The lowest BCUT2D eigenvalue weighted by molar-refractivity contribution is -0.167. The molecule has 5 rings (SSSR count). The van der Waals surface area contributed by atoms with Crippen molar-refractivity contribution in [3.63, 3.8) is 0 Å². The van der Waals surface area contributed by atoms with E-state index in [1.165, 1.54) is 12.1 Å². The number of halogens is 1. The van der Waals surface area contributed by atoms with Crippen molar-refractivity contribution >= 4 is 11.8 Å². The minimum atomic E-state index is -0.316. The molecule has 2 aromatic carbocycles. The molecule has 5 nitrogen and oxygen atoms in total. The van der Waals surface area contributed by atoms with Crippen LogP contribution in [0.3, 0.4) is 0 Å². The Labute approximate surface area is 186 Å². The van der Waals surface area contributed by atoms with Crippen LogP contribution in [0.4, 0.5) is 4.39 Å². The van der Waals surface area contributed by atoms with Gasteiger partial charge in [0.1, 0.15) is 5.82 Å². The van der Waals surface area contributed by atoms with Crippen LogP contribution in [0, 0.1) is 23.6 Å². The van der Waals surface area contributed by atoms with Gasteiger partial charge in [-0.05, 0) is 54.7 Å². The number of rotatable bonds is 4. The van der Waals surface area contributed by atoms with Crippen LogP contribution in [0.1, 0.15) is 41.9 Å².